The van der Waals surface area contributed by atoms with Gasteiger partial charge in [-0.15, -0.1) is 4.83 Å². The molecule has 0 spiro atoms. The standard InChI is InChI=1S/C16H15N3O4S/c1-10-2-4-11(5-3-10)16(21)18-19-24(22,23)13-6-7-14-12(8-13)9-15(20)17-14/h2-8,19H,9H2,1H3,(H,17,20)(H,18,21). The fourth-order valence-corrected chi connectivity index (χ4v) is 3.21. The first-order valence-electron chi connectivity index (χ1n) is 7.17. The number of hydrogen-bond donors (Lipinski definition) is 3. The van der Waals surface area contributed by atoms with Crippen molar-refractivity contribution in [3.63, 3.8) is 0 Å². The lowest BCUT2D eigenvalue weighted by Gasteiger charge is -2.09. The van der Waals surface area contributed by atoms with Crippen LogP contribution in [0.5, 0.6) is 0 Å². The minimum Gasteiger partial charge on any atom is -0.326 e. The van der Waals surface area contributed by atoms with Crippen molar-refractivity contribution in [2.75, 3.05) is 5.32 Å². The Bertz CT molecular complexity index is 921. The molecule has 2 aromatic rings. The Kier molecular flexibility index (Phi) is 4.08. The van der Waals surface area contributed by atoms with Crippen LogP contribution in [0.4, 0.5) is 5.69 Å². The maximum Gasteiger partial charge on any atom is 0.266 e. The highest BCUT2D eigenvalue weighted by Gasteiger charge is 2.22. The summed E-state index contributed by atoms with van der Waals surface area (Å²) >= 11 is 0. The maximum atomic E-state index is 12.3. The van der Waals surface area contributed by atoms with Crippen LogP contribution < -0.4 is 15.6 Å². The zero-order valence-corrected chi connectivity index (χ0v) is 13.6. The van der Waals surface area contributed by atoms with Gasteiger partial charge >= 0.3 is 0 Å². The van der Waals surface area contributed by atoms with Gasteiger partial charge in [0.1, 0.15) is 0 Å². The number of hydrazine groups is 1. The molecule has 0 saturated carbocycles. The third-order valence-corrected chi connectivity index (χ3v) is 4.87. The van der Waals surface area contributed by atoms with Gasteiger partial charge < -0.3 is 5.32 Å². The number of sulfonamides is 1. The molecule has 0 fully saturated rings. The molecule has 0 unspecified atom stereocenters. The zero-order chi connectivity index (χ0) is 17.3. The van der Waals surface area contributed by atoms with E-state index in [4.69, 9.17) is 0 Å². The first-order chi connectivity index (χ1) is 11.3. The van der Waals surface area contributed by atoms with Crippen LogP contribution in [-0.4, -0.2) is 20.2 Å². The molecule has 2 amide bonds. The zero-order valence-electron chi connectivity index (χ0n) is 12.8. The summed E-state index contributed by atoms with van der Waals surface area (Å²) in [7, 11) is -3.93. The van der Waals surface area contributed by atoms with E-state index in [9.17, 15) is 18.0 Å². The van der Waals surface area contributed by atoms with Crippen LogP contribution in [0.2, 0.25) is 0 Å². The minimum atomic E-state index is -3.93. The minimum absolute atomic E-state index is 0.0260. The molecule has 3 rings (SSSR count). The third-order valence-electron chi connectivity index (χ3n) is 3.62. The molecule has 1 aliphatic heterocycles. The Morgan fingerprint density at radius 2 is 1.83 bits per heavy atom. The van der Waals surface area contributed by atoms with Gasteiger partial charge in [-0.25, -0.2) is 8.42 Å². The van der Waals surface area contributed by atoms with Gasteiger partial charge in [-0.1, -0.05) is 17.7 Å². The van der Waals surface area contributed by atoms with Crippen LogP contribution in [0.1, 0.15) is 21.5 Å². The predicted molar refractivity (Wildman–Crippen MR) is 87.7 cm³/mol. The number of amides is 2. The van der Waals surface area contributed by atoms with Crippen molar-refractivity contribution in [2.45, 2.75) is 18.2 Å². The summed E-state index contributed by atoms with van der Waals surface area (Å²) in [6.45, 7) is 1.89. The van der Waals surface area contributed by atoms with Crippen LogP contribution in [0.3, 0.4) is 0 Å². The largest absolute Gasteiger partial charge is 0.326 e. The van der Waals surface area contributed by atoms with E-state index < -0.39 is 15.9 Å². The highest BCUT2D eigenvalue weighted by atomic mass is 32.2. The van der Waals surface area contributed by atoms with Gasteiger partial charge in [0.25, 0.3) is 15.9 Å². The molecule has 0 saturated heterocycles. The van der Waals surface area contributed by atoms with Gasteiger partial charge in [-0.2, -0.15) is 0 Å². The second-order valence-electron chi connectivity index (χ2n) is 5.47. The summed E-state index contributed by atoms with van der Waals surface area (Å²) in [4.78, 5) is 25.3. The smallest absolute Gasteiger partial charge is 0.266 e. The fourth-order valence-electron chi connectivity index (χ4n) is 2.32. The van der Waals surface area contributed by atoms with E-state index in [1.54, 1.807) is 24.3 Å². The number of carbonyl (C=O) groups is 2. The number of rotatable bonds is 4. The first-order valence-corrected chi connectivity index (χ1v) is 8.65. The Labute approximate surface area is 139 Å². The molecule has 124 valence electrons. The number of anilines is 1. The molecule has 0 radical (unpaired) electrons. The van der Waals surface area contributed by atoms with Gasteiger partial charge in [0, 0.05) is 11.3 Å². The van der Waals surface area contributed by atoms with Crippen LogP contribution in [0.15, 0.2) is 47.4 Å². The molecular weight excluding hydrogens is 330 g/mol. The number of aryl methyl sites for hydroxylation is 1. The quantitative estimate of drug-likeness (QED) is 0.722. The predicted octanol–water partition coefficient (Wildman–Crippen LogP) is 1.11. The van der Waals surface area contributed by atoms with Crippen molar-refractivity contribution in [3.8, 4) is 0 Å². The highest BCUT2D eigenvalue weighted by molar-refractivity contribution is 7.89. The lowest BCUT2D eigenvalue weighted by molar-refractivity contribution is -0.115. The maximum absolute atomic E-state index is 12.3. The highest BCUT2D eigenvalue weighted by Crippen LogP contribution is 2.25. The van der Waals surface area contributed by atoms with Crippen LogP contribution >= 0.6 is 0 Å². The van der Waals surface area contributed by atoms with Crippen molar-refractivity contribution in [3.05, 3.63) is 59.2 Å². The Balaban J connectivity index is 1.72. The van der Waals surface area contributed by atoms with Crippen LogP contribution in [0.25, 0.3) is 0 Å². The molecule has 3 N–H and O–H groups in total. The SMILES string of the molecule is Cc1ccc(C(=O)NNS(=O)(=O)c2ccc3c(c2)CC(=O)N3)cc1. The van der Waals surface area contributed by atoms with Gasteiger partial charge in [-0.3, -0.25) is 15.0 Å². The average Bonchev–Trinajstić information content (AvgIpc) is 2.92. The molecule has 1 aliphatic rings. The van der Waals surface area contributed by atoms with Crippen molar-refractivity contribution >= 4 is 27.5 Å². The third kappa shape index (κ3) is 3.29. The molecule has 1 heterocycles. The molecule has 7 nitrogen and oxygen atoms in total. The molecule has 0 aromatic heterocycles. The van der Waals surface area contributed by atoms with Gasteiger partial charge in [0.2, 0.25) is 5.91 Å². The van der Waals surface area contributed by atoms with E-state index in [0.29, 0.717) is 16.8 Å². The first kappa shape index (κ1) is 16.2. The van der Waals surface area contributed by atoms with E-state index in [0.717, 1.165) is 5.56 Å². The van der Waals surface area contributed by atoms with E-state index in [2.05, 4.69) is 15.6 Å². The van der Waals surface area contributed by atoms with Gasteiger partial charge in [0.15, 0.2) is 0 Å². The molecule has 24 heavy (non-hydrogen) atoms. The van der Waals surface area contributed by atoms with Crippen molar-refractivity contribution in [1.82, 2.24) is 10.3 Å². The number of hydrogen-bond acceptors (Lipinski definition) is 4. The number of benzene rings is 2. The Morgan fingerprint density at radius 1 is 1.12 bits per heavy atom. The van der Waals surface area contributed by atoms with E-state index in [-0.39, 0.29) is 17.2 Å². The summed E-state index contributed by atoms with van der Waals surface area (Å²) in [5.74, 6) is -0.739. The second-order valence-corrected chi connectivity index (χ2v) is 7.15. The molecular formula is C16H15N3O4S. The van der Waals surface area contributed by atoms with Crippen molar-refractivity contribution in [2.24, 2.45) is 0 Å². The van der Waals surface area contributed by atoms with E-state index in [1.807, 2.05) is 6.92 Å². The normalized spacial score (nSPS) is 13.3. The molecule has 0 atom stereocenters. The lowest BCUT2D eigenvalue weighted by Crippen LogP contribution is -2.41. The van der Waals surface area contributed by atoms with Gasteiger partial charge in [0.05, 0.1) is 11.3 Å². The number of fused-ring (bicyclic) bond motifs is 1. The van der Waals surface area contributed by atoms with Crippen LogP contribution in [-0.2, 0) is 21.2 Å². The second kappa shape index (κ2) is 6.06. The van der Waals surface area contributed by atoms with Crippen molar-refractivity contribution < 1.29 is 18.0 Å². The average molecular weight is 345 g/mol. The topological polar surface area (TPSA) is 104 Å². The number of nitrogens with one attached hydrogen (secondary N) is 3. The Morgan fingerprint density at radius 3 is 2.54 bits per heavy atom. The van der Waals surface area contributed by atoms with E-state index in [1.165, 1.54) is 18.2 Å². The van der Waals surface area contributed by atoms with E-state index >= 15 is 0 Å². The molecule has 0 aliphatic carbocycles. The van der Waals surface area contributed by atoms with Crippen molar-refractivity contribution in [1.29, 1.82) is 0 Å². The molecule has 8 heteroatoms. The Hall–Kier alpha value is -2.71. The summed E-state index contributed by atoms with van der Waals surface area (Å²) in [5, 5.41) is 2.63. The molecule has 2 aromatic carbocycles. The number of carbonyl (C=O) groups excluding carboxylic acids is 2. The summed E-state index contributed by atoms with van der Waals surface area (Å²) in [5.41, 5.74) is 4.71. The van der Waals surface area contributed by atoms with Gasteiger partial charge in [-0.05, 0) is 42.8 Å². The monoisotopic (exact) mass is 345 g/mol. The fraction of sp³-hybridized carbons (Fsp3) is 0.125. The molecule has 0 bridgehead atoms. The summed E-state index contributed by atoms with van der Waals surface area (Å²) in [6, 6.07) is 11.0. The lowest BCUT2D eigenvalue weighted by atomic mass is 10.1. The summed E-state index contributed by atoms with van der Waals surface area (Å²) < 4.78 is 24.5. The summed E-state index contributed by atoms with van der Waals surface area (Å²) in [6.07, 6.45) is 0.133. The van der Waals surface area contributed by atoms with Crippen LogP contribution in [0, 0.1) is 6.92 Å².